The zero-order valence-corrected chi connectivity index (χ0v) is 15.2. The van der Waals surface area contributed by atoms with Gasteiger partial charge in [0.1, 0.15) is 0 Å². The Morgan fingerprint density at radius 3 is 1.76 bits per heavy atom. The van der Waals surface area contributed by atoms with Crippen molar-refractivity contribution in [1.82, 2.24) is 4.90 Å². The SMILES string of the molecule is O=C(Nc1ccc(F)c(F)c1F)C(=O)N(Cc1ccccc1)Cc1ccccc1. The van der Waals surface area contributed by atoms with Gasteiger partial charge in [0.25, 0.3) is 0 Å². The third-order valence-electron chi connectivity index (χ3n) is 4.20. The van der Waals surface area contributed by atoms with Crippen LogP contribution in [0.25, 0.3) is 0 Å². The van der Waals surface area contributed by atoms with Gasteiger partial charge in [-0.3, -0.25) is 9.59 Å². The molecule has 29 heavy (non-hydrogen) atoms. The van der Waals surface area contributed by atoms with Crippen LogP contribution < -0.4 is 5.32 Å². The monoisotopic (exact) mass is 398 g/mol. The zero-order chi connectivity index (χ0) is 20.8. The minimum Gasteiger partial charge on any atom is -0.326 e. The molecule has 0 bridgehead atoms. The fraction of sp³-hybridized carbons (Fsp3) is 0.0909. The predicted octanol–water partition coefficient (Wildman–Crippen LogP) is 4.27. The van der Waals surface area contributed by atoms with E-state index in [1.807, 2.05) is 17.4 Å². The van der Waals surface area contributed by atoms with Crippen LogP contribution in [0.5, 0.6) is 0 Å². The van der Waals surface area contributed by atoms with Crippen molar-refractivity contribution in [3.8, 4) is 0 Å². The van der Waals surface area contributed by atoms with Crippen molar-refractivity contribution in [2.75, 3.05) is 5.32 Å². The Kier molecular flexibility index (Phi) is 6.29. The van der Waals surface area contributed by atoms with Gasteiger partial charge in [0.15, 0.2) is 17.5 Å². The molecule has 4 nitrogen and oxygen atoms in total. The second-order valence-corrected chi connectivity index (χ2v) is 6.31. The summed E-state index contributed by atoms with van der Waals surface area (Å²) >= 11 is 0. The van der Waals surface area contributed by atoms with Crippen LogP contribution in [0, 0.1) is 17.5 Å². The van der Waals surface area contributed by atoms with Crippen LogP contribution in [-0.4, -0.2) is 16.7 Å². The van der Waals surface area contributed by atoms with Gasteiger partial charge in [0, 0.05) is 13.1 Å². The molecular formula is C22H17F3N2O2. The molecule has 7 heteroatoms. The quantitative estimate of drug-likeness (QED) is 0.515. The molecule has 0 fully saturated rings. The first-order valence-corrected chi connectivity index (χ1v) is 8.77. The minimum atomic E-state index is -1.72. The molecule has 0 aliphatic heterocycles. The van der Waals surface area contributed by atoms with Crippen molar-refractivity contribution >= 4 is 17.5 Å². The van der Waals surface area contributed by atoms with Crippen LogP contribution >= 0.6 is 0 Å². The molecular weight excluding hydrogens is 381 g/mol. The Balaban J connectivity index is 1.81. The lowest BCUT2D eigenvalue weighted by atomic mass is 10.1. The molecule has 3 aromatic carbocycles. The van der Waals surface area contributed by atoms with Crippen LogP contribution in [0.1, 0.15) is 11.1 Å². The van der Waals surface area contributed by atoms with Crippen LogP contribution in [0.2, 0.25) is 0 Å². The topological polar surface area (TPSA) is 49.4 Å². The minimum absolute atomic E-state index is 0.141. The van der Waals surface area contributed by atoms with Gasteiger partial charge in [-0.25, -0.2) is 13.2 Å². The molecule has 0 unspecified atom stereocenters. The number of nitrogens with zero attached hydrogens (tertiary/aromatic N) is 1. The summed E-state index contributed by atoms with van der Waals surface area (Å²) in [7, 11) is 0. The third kappa shape index (κ3) is 5.01. The molecule has 0 aliphatic rings. The molecule has 0 saturated heterocycles. The second-order valence-electron chi connectivity index (χ2n) is 6.31. The van der Waals surface area contributed by atoms with Gasteiger partial charge in [-0.15, -0.1) is 0 Å². The molecule has 0 aromatic heterocycles. The van der Waals surface area contributed by atoms with Crippen LogP contribution in [0.4, 0.5) is 18.9 Å². The van der Waals surface area contributed by atoms with Crippen LogP contribution in [-0.2, 0) is 22.7 Å². The smallest absolute Gasteiger partial charge is 0.314 e. The third-order valence-corrected chi connectivity index (χ3v) is 4.20. The van der Waals surface area contributed by atoms with Crippen molar-refractivity contribution in [3.63, 3.8) is 0 Å². The van der Waals surface area contributed by atoms with Crippen LogP contribution in [0.15, 0.2) is 72.8 Å². The van der Waals surface area contributed by atoms with Crippen molar-refractivity contribution in [3.05, 3.63) is 101 Å². The number of nitrogens with one attached hydrogen (secondary N) is 1. The number of carbonyl (C=O) groups is 2. The summed E-state index contributed by atoms with van der Waals surface area (Å²) in [5.41, 5.74) is 0.980. The highest BCUT2D eigenvalue weighted by atomic mass is 19.2. The lowest BCUT2D eigenvalue weighted by Gasteiger charge is -2.22. The van der Waals surface area contributed by atoms with Crippen molar-refractivity contribution < 1.29 is 22.8 Å². The highest BCUT2D eigenvalue weighted by Gasteiger charge is 2.24. The van der Waals surface area contributed by atoms with E-state index in [9.17, 15) is 22.8 Å². The van der Waals surface area contributed by atoms with Crippen LogP contribution in [0.3, 0.4) is 0 Å². The number of carbonyl (C=O) groups excluding carboxylic acids is 2. The molecule has 0 atom stereocenters. The Labute approximate surface area is 165 Å². The van der Waals surface area contributed by atoms with Gasteiger partial charge in [-0.1, -0.05) is 60.7 Å². The average molecular weight is 398 g/mol. The van der Waals surface area contributed by atoms with E-state index < -0.39 is 35.0 Å². The maximum absolute atomic E-state index is 13.8. The molecule has 148 valence electrons. The van der Waals surface area contributed by atoms with Gasteiger partial charge < -0.3 is 10.2 Å². The molecule has 0 saturated carbocycles. The first-order valence-electron chi connectivity index (χ1n) is 8.77. The molecule has 1 N–H and O–H groups in total. The number of halogens is 3. The summed E-state index contributed by atoms with van der Waals surface area (Å²) in [5, 5.41) is 2.02. The summed E-state index contributed by atoms with van der Waals surface area (Å²) in [6, 6.07) is 19.6. The number of amides is 2. The van der Waals surface area contributed by atoms with E-state index in [1.54, 1.807) is 48.5 Å². The van der Waals surface area contributed by atoms with E-state index in [1.165, 1.54) is 4.90 Å². The lowest BCUT2D eigenvalue weighted by molar-refractivity contribution is -0.144. The van der Waals surface area contributed by atoms with E-state index in [0.717, 1.165) is 17.2 Å². The van der Waals surface area contributed by atoms with E-state index in [0.29, 0.717) is 6.07 Å². The lowest BCUT2D eigenvalue weighted by Crippen LogP contribution is -2.39. The number of anilines is 1. The fourth-order valence-electron chi connectivity index (χ4n) is 2.75. The van der Waals surface area contributed by atoms with E-state index in [-0.39, 0.29) is 13.1 Å². The molecule has 3 rings (SSSR count). The number of rotatable bonds is 5. The highest BCUT2D eigenvalue weighted by molar-refractivity contribution is 6.39. The molecule has 0 spiro atoms. The maximum atomic E-state index is 13.8. The van der Waals surface area contributed by atoms with Gasteiger partial charge in [0.2, 0.25) is 0 Å². The standard InChI is InChI=1S/C22H17F3N2O2/c23-17-11-12-18(20(25)19(17)24)26-21(28)22(29)27(13-15-7-3-1-4-8-15)14-16-9-5-2-6-10-16/h1-12H,13-14H2,(H,26,28). The number of hydrogen-bond donors (Lipinski definition) is 1. The first kappa shape index (κ1) is 20.1. The van der Waals surface area contributed by atoms with E-state index in [2.05, 4.69) is 0 Å². The van der Waals surface area contributed by atoms with E-state index >= 15 is 0 Å². The normalized spacial score (nSPS) is 10.4. The van der Waals surface area contributed by atoms with Gasteiger partial charge >= 0.3 is 11.8 Å². The average Bonchev–Trinajstić information content (AvgIpc) is 2.74. The Morgan fingerprint density at radius 2 is 1.24 bits per heavy atom. The van der Waals surface area contributed by atoms with Crippen molar-refractivity contribution in [1.29, 1.82) is 0 Å². The fourth-order valence-corrected chi connectivity index (χ4v) is 2.75. The highest BCUT2D eigenvalue weighted by Crippen LogP contribution is 2.20. The largest absolute Gasteiger partial charge is 0.326 e. The zero-order valence-electron chi connectivity index (χ0n) is 15.2. The molecule has 0 radical (unpaired) electrons. The maximum Gasteiger partial charge on any atom is 0.314 e. The number of benzene rings is 3. The first-order chi connectivity index (χ1) is 14.0. The summed E-state index contributed by atoms with van der Waals surface area (Å²) in [6.45, 7) is 0.282. The molecule has 2 amide bonds. The molecule has 0 heterocycles. The molecule has 3 aromatic rings. The Morgan fingerprint density at radius 1 is 0.724 bits per heavy atom. The second kappa shape index (κ2) is 9.05. The Bertz CT molecular complexity index is 970. The number of hydrogen-bond acceptors (Lipinski definition) is 2. The summed E-state index contributed by atoms with van der Waals surface area (Å²) < 4.78 is 40.3. The predicted molar refractivity (Wildman–Crippen MR) is 102 cm³/mol. The Hall–Kier alpha value is -3.61. The summed E-state index contributed by atoms with van der Waals surface area (Å²) in [5.74, 6) is -6.75. The van der Waals surface area contributed by atoms with Gasteiger partial charge in [-0.2, -0.15) is 0 Å². The molecule has 0 aliphatic carbocycles. The van der Waals surface area contributed by atoms with Gasteiger partial charge in [0.05, 0.1) is 5.69 Å². The van der Waals surface area contributed by atoms with Gasteiger partial charge in [-0.05, 0) is 23.3 Å². The summed E-state index contributed by atoms with van der Waals surface area (Å²) in [6.07, 6.45) is 0. The summed E-state index contributed by atoms with van der Waals surface area (Å²) in [4.78, 5) is 26.4. The van der Waals surface area contributed by atoms with Crippen molar-refractivity contribution in [2.24, 2.45) is 0 Å². The van der Waals surface area contributed by atoms with E-state index in [4.69, 9.17) is 0 Å². The van der Waals surface area contributed by atoms with Crippen molar-refractivity contribution in [2.45, 2.75) is 13.1 Å².